The van der Waals surface area contributed by atoms with E-state index in [-0.39, 0.29) is 5.91 Å². The molecular formula is C19H25N3O. The molecule has 4 nitrogen and oxygen atoms in total. The van der Waals surface area contributed by atoms with Crippen molar-refractivity contribution in [1.29, 1.82) is 0 Å². The number of pyridine rings is 1. The summed E-state index contributed by atoms with van der Waals surface area (Å²) in [5, 5.41) is 4.15. The summed E-state index contributed by atoms with van der Waals surface area (Å²) in [6.45, 7) is 8.36. The number of carbonyl (C=O) groups excluding carboxylic acids is 1. The minimum Gasteiger partial charge on any atom is -0.371 e. The molecule has 1 aromatic heterocycles. The Morgan fingerprint density at radius 1 is 1.26 bits per heavy atom. The molecule has 0 radical (unpaired) electrons. The van der Waals surface area contributed by atoms with E-state index in [1.54, 1.807) is 0 Å². The van der Waals surface area contributed by atoms with Crippen LogP contribution in [0.1, 0.15) is 38.8 Å². The molecule has 4 heteroatoms. The van der Waals surface area contributed by atoms with E-state index in [1.807, 2.05) is 32.9 Å². The SMILES string of the molecule is Cc1cc(N2CCCC2)c2ccc(NC(=O)CC(C)C)cc2n1. The first kappa shape index (κ1) is 15.8. The first-order valence-electron chi connectivity index (χ1n) is 8.49. The third-order valence-corrected chi connectivity index (χ3v) is 4.24. The van der Waals surface area contributed by atoms with Crippen LogP contribution in [0.3, 0.4) is 0 Å². The lowest BCUT2D eigenvalue weighted by Crippen LogP contribution is -2.18. The predicted octanol–water partition coefficient (Wildman–Crippen LogP) is 4.13. The van der Waals surface area contributed by atoms with E-state index in [0.717, 1.165) is 30.0 Å². The highest BCUT2D eigenvalue weighted by Crippen LogP contribution is 2.31. The van der Waals surface area contributed by atoms with Crippen molar-refractivity contribution in [3.8, 4) is 0 Å². The fraction of sp³-hybridized carbons (Fsp3) is 0.474. The van der Waals surface area contributed by atoms with Gasteiger partial charge in [0.25, 0.3) is 0 Å². The molecule has 2 aromatic rings. The molecule has 1 aliphatic rings. The highest BCUT2D eigenvalue weighted by Gasteiger charge is 2.16. The molecule has 0 atom stereocenters. The topological polar surface area (TPSA) is 45.2 Å². The van der Waals surface area contributed by atoms with Gasteiger partial charge in [0.15, 0.2) is 0 Å². The van der Waals surface area contributed by atoms with Gasteiger partial charge < -0.3 is 10.2 Å². The third kappa shape index (κ3) is 3.63. The Morgan fingerprint density at radius 3 is 2.70 bits per heavy atom. The van der Waals surface area contributed by atoms with Crippen molar-refractivity contribution < 1.29 is 4.79 Å². The fourth-order valence-electron chi connectivity index (χ4n) is 3.22. The van der Waals surface area contributed by atoms with Crippen LogP contribution in [-0.2, 0) is 4.79 Å². The molecule has 3 rings (SSSR count). The van der Waals surface area contributed by atoms with Crippen molar-refractivity contribution in [3.05, 3.63) is 30.0 Å². The van der Waals surface area contributed by atoms with Crippen LogP contribution in [0.5, 0.6) is 0 Å². The van der Waals surface area contributed by atoms with Crippen molar-refractivity contribution in [3.63, 3.8) is 0 Å². The van der Waals surface area contributed by atoms with Crippen LogP contribution in [0.4, 0.5) is 11.4 Å². The smallest absolute Gasteiger partial charge is 0.224 e. The fourth-order valence-corrected chi connectivity index (χ4v) is 3.22. The Morgan fingerprint density at radius 2 is 2.00 bits per heavy atom. The maximum absolute atomic E-state index is 12.0. The average molecular weight is 311 g/mol. The zero-order valence-electron chi connectivity index (χ0n) is 14.2. The number of benzene rings is 1. The average Bonchev–Trinajstić information content (AvgIpc) is 2.99. The second-order valence-electron chi connectivity index (χ2n) is 6.85. The number of nitrogens with one attached hydrogen (secondary N) is 1. The Balaban J connectivity index is 1.92. The van der Waals surface area contributed by atoms with E-state index in [9.17, 15) is 4.79 Å². The van der Waals surface area contributed by atoms with Crippen LogP contribution >= 0.6 is 0 Å². The summed E-state index contributed by atoms with van der Waals surface area (Å²) in [5.41, 5.74) is 4.07. The molecule has 1 saturated heterocycles. The van der Waals surface area contributed by atoms with Crippen LogP contribution in [0.15, 0.2) is 24.3 Å². The zero-order valence-corrected chi connectivity index (χ0v) is 14.2. The number of anilines is 2. The van der Waals surface area contributed by atoms with Gasteiger partial charge in [-0.25, -0.2) is 0 Å². The van der Waals surface area contributed by atoms with Crippen molar-refractivity contribution in [2.24, 2.45) is 5.92 Å². The standard InChI is InChI=1S/C19H25N3O/c1-13(2)10-19(23)21-15-6-7-16-17(12-15)20-14(3)11-18(16)22-8-4-5-9-22/h6-7,11-13H,4-5,8-10H2,1-3H3,(H,21,23). The van der Waals surface area contributed by atoms with Crippen molar-refractivity contribution in [2.75, 3.05) is 23.3 Å². The second-order valence-corrected chi connectivity index (χ2v) is 6.85. The van der Waals surface area contributed by atoms with E-state index < -0.39 is 0 Å². The Bertz CT molecular complexity index is 718. The number of amides is 1. The minimum atomic E-state index is 0.0618. The largest absolute Gasteiger partial charge is 0.371 e. The molecular weight excluding hydrogens is 286 g/mol. The lowest BCUT2D eigenvalue weighted by Gasteiger charge is -2.20. The first-order valence-corrected chi connectivity index (χ1v) is 8.49. The summed E-state index contributed by atoms with van der Waals surface area (Å²) in [5.74, 6) is 0.421. The molecule has 0 saturated carbocycles. The predicted molar refractivity (Wildman–Crippen MR) is 96.0 cm³/mol. The van der Waals surface area contributed by atoms with E-state index in [0.29, 0.717) is 12.3 Å². The lowest BCUT2D eigenvalue weighted by atomic mass is 10.1. The molecule has 2 heterocycles. The number of aromatic nitrogens is 1. The molecule has 1 N–H and O–H groups in total. The van der Waals surface area contributed by atoms with Crippen LogP contribution in [0.25, 0.3) is 10.9 Å². The van der Waals surface area contributed by atoms with Gasteiger partial charge in [0.05, 0.1) is 5.52 Å². The van der Waals surface area contributed by atoms with E-state index in [4.69, 9.17) is 0 Å². The van der Waals surface area contributed by atoms with Crippen LogP contribution < -0.4 is 10.2 Å². The van der Waals surface area contributed by atoms with Gasteiger partial charge >= 0.3 is 0 Å². The highest BCUT2D eigenvalue weighted by molar-refractivity contribution is 5.97. The van der Waals surface area contributed by atoms with Crippen molar-refractivity contribution >= 4 is 28.2 Å². The maximum atomic E-state index is 12.0. The van der Waals surface area contributed by atoms with Crippen LogP contribution in [0.2, 0.25) is 0 Å². The molecule has 1 aliphatic heterocycles. The number of fused-ring (bicyclic) bond motifs is 1. The van der Waals surface area contributed by atoms with Crippen molar-refractivity contribution in [2.45, 2.75) is 40.0 Å². The summed E-state index contributed by atoms with van der Waals surface area (Å²) >= 11 is 0. The van der Waals surface area contributed by atoms with Gasteiger partial charge in [-0.15, -0.1) is 0 Å². The van der Waals surface area contributed by atoms with Crippen molar-refractivity contribution in [1.82, 2.24) is 4.98 Å². The van der Waals surface area contributed by atoms with E-state index in [2.05, 4.69) is 27.3 Å². The summed E-state index contributed by atoms with van der Waals surface area (Å²) in [7, 11) is 0. The quantitative estimate of drug-likeness (QED) is 0.923. The summed E-state index contributed by atoms with van der Waals surface area (Å²) in [4.78, 5) is 19.1. The molecule has 1 aromatic carbocycles. The summed E-state index contributed by atoms with van der Waals surface area (Å²) in [6.07, 6.45) is 3.05. The third-order valence-electron chi connectivity index (χ3n) is 4.24. The summed E-state index contributed by atoms with van der Waals surface area (Å²) < 4.78 is 0. The van der Waals surface area contributed by atoms with Gasteiger partial charge in [-0.05, 0) is 49.9 Å². The van der Waals surface area contributed by atoms with Gasteiger partial charge in [-0.3, -0.25) is 9.78 Å². The number of nitrogens with zero attached hydrogens (tertiary/aromatic N) is 2. The monoisotopic (exact) mass is 311 g/mol. The summed E-state index contributed by atoms with van der Waals surface area (Å²) in [6, 6.07) is 8.22. The van der Waals surface area contributed by atoms with Gasteiger partial charge in [0.1, 0.15) is 0 Å². The number of aryl methyl sites for hydroxylation is 1. The van der Waals surface area contributed by atoms with E-state index in [1.165, 1.54) is 23.9 Å². The first-order chi connectivity index (χ1) is 11.0. The Kier molecular flexibility index (Phi) is 4.51. The van der Waals surface area contributed by atoms with Gasteiger partial charge in [-0.1, -0.05) is 13.8 Å². The van der Waals surface area contributed by atoms with Crippen LogP contribution in [0, 0.1) is 12.8 Å². The number of carbonyl (C=O) groups is 1. The normalized spacial score (nSPS) is 14.7. The van der Waals surface area contributed by atoms with Crippen LogP contribution in [-0.4, -0.2) is 24.0 Å². The van der Waals surface area contributed by atoms with Gasteiger partial charge in [-0.2, -0.15) is 0 Å². The Labute approximate surface area is 137 Å². The lowest BCUT2D eigenvalue weighted by molar-refractivity contribution is -0.116. The number of hydrogen-bond acceptors (Lipinski definition) is 3. The number of rotatable bonds is 4. The maximum Gasteiger partial charge on any atom is 0.224 e. The molecule has 1 fully saturated rings. The molecule has 1 amide bonds. The number of hydrogen-bond donors (Lipinski definition) is 1. The molecule has 0 bridgehead atoms. The molecule has 0 aliphatic carbocycles. The van der Waals surface area contributed by atoms with Gasteiger partial charge in [0.2, 0.25) is 5.91 Å². The minimum absolute atomic E-state index is 0.0618. The second kappa shape index (κ2) is 6.57. The van der Waals surface area contributed by atoms with E-state index >= 15 is 0 Å². The molecule has 0 spiro atoms. The Hall–Kier alpha value is -2.10. The molecule has 122 valence electrons. The molecule has 23 heavy (non-hydrogen) atoms. The zero-order chi connectivity index (χ0) is 16.4. The van der Waals surface area contributed by atoms with Gasteiger partial charge in [0, 0.05) is 42.0 Å². The highest BCUT2D eigenvalue weighted by atomic mass is 16.1. The molecule has 0 unspecified atom stereocenters.